The van der Waals surface area contributed by atoms with Crippen LogP contribution in [0.3, 0.4) is 0 Å². The number of ether oxygens (including phenoxy) is 3. The molecule has 0 spiro atoms. The smallest absolute Gasteiger partial charge is 0.309 e. The third-order valence-electron chi connectivity index (χ3n) is 17.2. The van der Waals surface area contributed by atoms with E-state index in [-0.39, 0.29) is 65.8 Å². The summed E-state index contributed by atoms with van der Waals surface area (Å²) >= 11 is 3.60. The number of esters is 3. The summed E-state index contributed by atoms with van der Waals surface area (Å²) in [5.41, 5.74) is 6.60. The van der Waals surface area contributed by atoms with Crippen LogP contribution in [0.15, 0.2) is 60.7 Å². The maximum atomic E-state index is 13.6. The van der Waals surface area contributed by atoms with E-state index < -0.39 is 0 Å². The molecule has 4 unspecified atom stereocenters. The number of thiophene rings is 2. The molecule has 364 valence electrons. The van der Waals surface area contributed by atoms with Crippen LogP contribution in [0.2, 0.25) is 0 Å². The molecular formula is C60H70O7S2. The van der Waals surface area contributed by atoms with E-state index in [0.717, 1.165) is 136 Å². The first-order valence-electron chi connectivity index (χ1n) is 27.2. The summed E-state index contributed by atoms with van der Waals surface area (Å²) in [7, 11) is 0. The van der Waals surface area contributed by atoms with E-state index in [1.807, 2.05) is 11.3 Å². The summed E-state index contributed by atoms with van der Waals surface area (Å²) < 4.78 is 21.5. The minimum atomic E-state index is -0.359. The van der Waals surface area contributed by atoms with Crippen LogP contribution in [0.5, 0.6) is 0 Å². The number of Topliss-reactive ketones (excluding diaryl/α,β-unsaturated/α-hetero) is 1. The lowest BCUT2D eigenvalue weighted by atomic mass is 9.76. The number of rotatable bonds is 12. The van der Waals surface area contributed by atoms with Crippen molar-refractivity contribution in [2.45, 2.75) is 191 Å². The third kappa shape index (κ3) is 10.4. The van der Waals surface area contributed by atoms with Crippen molar-refractivity contribution < 1.29 is 33.4 Å². The summed E-state index contributed by atoms with van der Waals surface area (Å²) in [5, 5.41) is 2.41. The molecule has 0 N–H and O–H groups in total. The number of hydrogen-bond donors (Lipinski definition) is 0. The summed E-state index contributed by atoms with van der Waals surface area (Å²) in [6.45, 7) is 0. The van der Waals surface area contributed by atoms with Gasteiger partial charge >= 0.3 is 17.9 Å². The Bertz CT molecular complexity index is 2620. The zero-order valence-corrected chi connectivity index (χ0v) is 42.1. The lowest BCUT2D eigenvalue weighted by molar-refractivity contribution is -0.162. The first kappa shape index (κ1) is 47.0. The van der Waals surface area contributed by atoms with Gasteiger partial charge in [-0.05, 0) is 170 Å². The van der Waals surface area contributed by atoms with Crippen molar-refractivity contribution in [3.8, 4) is 20.9 Å². The Morgan fingerprint density at radius 2 is 0.797 bits per heavy atom. The van der Waals surface area contributed by atoms with Crippen molar-refractivity contribution in [3.05, 3.63) is 82.9 Å². The van der Waals surface area contributed by atoms with Gasteiger partial charge in [0.15, 0.2) is 0 Å². The van der Waals surface area contributed by atoms with Crippen LogP contribution in [-0.4, -0.2) is 23.7 Å². The maximum absolute atomic E-state index is 13.6. The summed E-state index contributed by atoms with van der Waals surface area (Å²) in [6.07, 6.45) is 24.8. The van der Waals surface area contributed by atoms with Gasteiger partial charge in [0.25, 0.3) is 0 Å². The van der Waals surface area contributed by atoms with Crippen molar-refractivity contribution in [2.75, 3.05) is 0 Å². The minimum Gasteiger partial charge on any atom is -0.457 e. The number of fused-ring (bicyclic) bond motifs is 4. The van der Waals surface area contributed by atoms with Gasteiger partial charge in [0.05, 0.1) is 17.8 Å². The van der Waals surface area contributed by atoms with Crippen molar-refractivity contribution in [2.24, 2.45) is 23.7 Å². The Morgan fingerprint density at radius 3 is 1.26 bits per heavy atom. The first-order valence-corrected chi connectivity index (χ1v) is 28.8. The molecule has 6 aliphatic rings. The monoisotopic (exact) mass is 966 g/mol. The molecule has 69 heavy (non-hydrogen) atoms. The number of hydrogen-bond acceptors (Lipinski definition) is 9. The molecule has 0 amide bonds. The molecule has 2 heterocycles. The molecule has 11 rings (SSSR count). The van der Waals surface area contributed by atoms with Gasteiger partial charge in [-0.15, -0.1) is 22.7 Å². The second-order valence-corrected chi connectivity index (χ2v) is 24.0. The predicted octanol–water partition coefficient (Wildman–Crippen LogP) is 16.5. The molecular weight excluding hydrogens is 897 g/mol. The summed E-state index contributed by atoms with van der Waals surface area (Å²) in [5.74, 6) is 0.717. The van der Waals surface area contributed by atoms with Crippen molar-refractivity contribution in [3.63, 3.8) is 0 Å². The lowest BCUT2D eigenvalue weighted by Crippen LogP contribution is -2.28. The van der Waals surface area contributed by atoms with Crippen molar-refractivity contribution in [1.29, 1.82) is 0 Å². The van der Waals surface area contributed by atoms with Gasteiger partial charge in [-0.1, -0.05) is 101 Å². The molecule has 6 aliphatic carbocycles. The Labute approximate surface area is 416 Å². The van der Waals surface area contributed by atoms with Crippen LogP contribution in [-0.2, 0) is 33.4 Å². The number of benzene rings is 3. The fourth-order valence-electron chi connectivity index (χ4n) is 13.1. The van der Waals surface area contributed by atoms with Crippen LogP contribution in [0.1, 0.15) is 213 Å². The van der Waals surface area contributed by atoms with Crippen LogP contribution in [0, 0.1) is 23.7 Å². The van der Waals surface area contributed by atoms with E-state index in [0.29, 0.717) is 25.0 Å². The summed E-state index contributed by atoms with van der Waals surface area (Å²) in [6, 6.07) is 22.6. The van der Waals surface area contributed by atoms with Crippen LogP contribution >= 0.6 is 22.7 Å². The molecule has 0 aliphatic heterocycles. The maximum Gasteiger partial charge on any atom is 0.309 e. The van der Waals surface area contributed by atoms with Gasteiger partial charge < -0.3 is 14.2 Å². The molecule has 9 heteroatoms. The SMILES string of the molecule is O=C(CCC1CCC(OC(=O)C2CCCCC2)c2ccc(-c3cc4cc5sc(-c6ccc7c(c6)C(OC(=O)C6CCCCC6)CCC7OC(=O)C6CCCCC6)cc5cc4s3)cc21)C1CCCCC1. The average molecular weight is 967 g/mol. The second-order valence-electron chi connectivity index (χ2n) is 21.8. The molecule has 7 nitrogen and oxygen atoms in total. The van der Waals surface area contributed by atoms with E-state index >= 15 is 0 Å². The molecule has 2 aromatic heterocycles. The van der Waals surface area contributed by atoms with Gasteiger partial charge in [0.2, 0.25) is 0 Å². The Morgan fingerprint density at radius 1 is 0.406 bits per heavy atom. The highest BCUT2D eigenvalue weighted by Gasteiger charge is 2.37. The van der Waals surface area contributed by atoms with Crippen LogP contribution in [0.25, 0.3) is 41.1 Å². The zero-order chi connectivity index (χ0) is 46.8. The van der Waals surface area contributed by atoms with E-state index in [9.17, 15) is 19.2 Å². The highest BCUT2D eigenvalue weighted by atomic mass is 32.1. The van der Waals surface area contributed by atoms with Gasteiger partial charge in [-0.3, -0.25) is 19.2 Å². The average Bonchev–Trinajstić information content (AvgIpc) is 4.02. The number of ketones is 1. The summed E-state index contributed by atoms with van der Waals surface area (Å²) in [4.78, 5) is 56.3. The van der Waals surface area contributed by atoms with E-state index in [4.69, 9.17) is 14.2 Å². The molecule has 5 aromatic rings. The highest BCUT2D eigenvalue weighted by molar-refractivity contribution is 7.23. The van der Waals surface area contributed by atoms with Gasteiger partial charge in [0.1, 0.15) is 24.1 Å². The largest absolute Gasteiger partial charge is 0.457 e. The quantitative estimate of drug-likeness (QED) is 0.0907. The normalized spacial score (nSPS) is 24.1. The topological polar surface area (TPSA) is 96.0 Å². The second kappa shape index (κ2) is 21.2. The standard InChI is InChI=1S/C60H70O7S2/c61-50(38-13-5-1-6-14-38)27-23-37-24-28-51(65-58(62)39-15-7-2-8-16-39)46-25-21-42(31-48(37)46)54-33-44-35-57-45(36-56(44)68-54)34-55(69-57)43-22-26-47-49(32-43)53(67-60(64)41-19-11-4-12-20-41)30-29-52(47)66-59(63)40-17-9-3-10-18-40/h21-22,25-26,31-41,51-53H,1-20,23-24,27-30H2. The van der Waals surface area contributed by atoms with E-state index in [1.54, 1.807) is 11.3 Å². The van der Waals surface area contributed by atoms with Crippen LogP contribution < -0.4 is 0 Å². The highest BCUT2D eigenvalue weighted by Crippen LogP contribution is 2.48. The Balaban J connectivity index is 0.857. The molecule has 4 saturated carbocycles. The van der Waals surface area contributed by atoms with Gasteiger partial charge in [0, 0.05) is 31.5 Å². The van der Waals surface area contributed by atoms with Gasteiger partial charge in [-0.2, -0.15) is 0 Å². The minimum absolute atomic E-state index is 0.0144. The fraction of sp³-hybridized carbons (Fsp3) is 0.567. The Kier molecular flexibility index (Phi) is 14.4. The zero-order valence-electron chi connectivity index (χ0n) is 40.5. The molecule has 4 fully saturated rings. The molecule has 0 bridgehead atoms. The predicted molar refractivity (Wildman–Crippen MR) is 276 cm³/mol. The lowest BCUT2D eigenvalue weighted by Gasteiger charge is -2.33. The molecule has 4 atom stereocenters. The fourth-order valence-corrected chi connectivity index (χ4v) is 15.3. The van der Waals surface area contributed by atoms with Crippen LogP contribution in [0.4, 0.5) is 0 Å². The molecule has 3 aromatic carbocycles. The molecule has 0 radical (unpaired) electrons. The number of carbonyl (C=O) groups is 4. The van der Waals surface area contributed by atoms with E-state index in [2.05, 4.69) is 60.7 Å². The molecule has 0 saturated heterocycles. The van der Waals surface area contributed by atoms with Gasteiger partial charge in [-0.25, -0.2) is 0 Å². The van der Waals surface area contributed by atoms with Crippen molar-refractivity contribution in [1.82, 2.24) is 0 Å². The van der Waals surface area contributed by atoms with E-state index in [1.165, 1.54) is 74.7 Å². The third-order valence-corrected chi connectivity index (χ3v) is 19.5. The number of carbonyl (C=O) groups excluding carboxylic acids is 4. The first-order chi connectivity index (χ1) is 33.8. The van der Waals surface area contributed by atoms with Crippen molar-refractivity contribution >= 4 is 66.5 Å². The Hall–Kier alpha value is -4.34.